The van der Waals surface area contributed by atoms with Gasteiger partial charge in [-0.1, -0.05) is 6.07 Å². The smallest absolute Gasteiger partial charge is 0.307 e. The lowest BCUT2D eigenvalue weighted by Crippen LogP contribution is -2.08. The molecule has 3 rings (SSSR count). The first-order valence-corrected chi connectivity index (χ1v) is 7.72. The highest BCUT2D eigenvalue weighted by atomic mass is 16.5. The fourth-order valence-electron chi connectivity index (χ4n) is 3.04. The molecule has 6 nitrogen and oxygen atoms in total. The van der Waals surface area contributed by atoms with E-state index in [9.17, 15) is 14.7 Å². The van der Waals surface area contributed by atoms with Crippen molar-refractivity contribution in [3.8, 4) is 5.75 Å². The van der Waals surface area contributed by atoms with E-state index in [1.54, 1.807) is 41.8 Å². The highest BCUT2D eigenvalue weighted by Crippen LogP contribution is 2.28. The van der Waals surface area contributed by atoms with Crippen molar-refractivity contribution in [2.75, 3.05) is 12.8 Å². The molecule has 0 aliphatic carbocycles. The molecule has 0 radical (unpaired) electrons. The Morgan fingerprint density at radius 1 is 1.24 bits per heavy atom. The molecule has 0 spiro atoms. The van der Waals surface area contributed by atoms with Crippen molar-refractivity contribution < 1.29 is 19.4 Å². The number of hydrogen-bond acceptors (Lipinski definition) is 4. The van der Waals surface area contributed by atoms with Crippen molar-refractivity contribution in [2.24, 2.45) is 0 Å². The van der Waals surface area contributed by atoms with Gasteiger partial charge < -0.3 is 20.0 Å². The molecule has 3 N–H and O–H groups in total. The van der Waals surface area contributed by atoms with Gasteiger partial charge in [-0.3, -0.25) is 9.59 Å². The summed E-state index contributed by atoms with van der Waals surface area (Å²) in [6.07, 6.45) is 1.62. The Balaban J connectivity index is 2.20. The molecule has 2 aromatic heterocycles. The Labute approximate surface area is 144 Å². The summed E-state index contributed by atoms with van der Waals surface area (Å²) in [7, 11) is 1.49. The van der Waals surface area contributed by atoms with Gasteiger partial charge in [0.25, 0.3) is 0 Å². The van der Waals surface area contributed by atoms with Gasteiger partial charge in [0.1, 0.15) is 5.75 Å². The summed E-state index contributed by atoms with van der Waals surface area (Å²) in [6, 6.07) is 10.3. The minimum atomic E-state index is -0.937. The van der Waals surface area contributed by atoms with Gasteiger partial charge in [0.15, 0.2) is 0 Å². The second-order valence-corrected chi connectivity index (χ2v) is 5.76. The predicted molar refractivity (Wildman–Crippen MR) is 94.3 cm³/mol. The van der Waals surface area contributed by atoms with Crippen LogP contribution in [0, 0.1) is 6.92 Å². The van der Waals surface area contributed by atoms with Crippen molar-refractivity contribution >= 4 is 23.0 Å². The van der Waals surface area contributed by atoms with Crippen LogP contribution in [0.1, 0.15) is 27.2 Å². The zero-order valence-corrected chi connectivity index (χ0v) is 13.9. The number of carbonyl (C=O) groups is 2. The molecule has 0 unspecified atom stereocenters. The Morgan fingerprint density at radius 3 is 2.68 bits per heavy atom. The maximum Gasteiger partial charge on any atom is 0.307 e. The summed E-state index contributed by atoms with van der Waals surface area (Å²) in [5, 5.41) is 9.19. The molecule has 0 aliphatic rings. The van der Waals surface area contributed by atoms with E-state index in [4.69, 9.17) is 10.5 Å². The first kappa shape index (κ1) is 16.6. The van der Waals surface area contributed by atoms with Crippen molar-refractivity contribution in [1.82, 2.24) is 4.40 Å². The van der Waals surface area contributed by atoms with Gasteiger partial charge in [-0.25, -0.2) is 0 Å². The number of ketones is 1. The average Bonchev–Trinajstić information content (AvgIpc) is 2.86. The van der Waals surface area contributed by atoms with E-state index in [-0.39, 0.29) is 12.2 Å². The van der Waals surface area contributed by atoms with Gasteiger partial charge in [-0.05, 0) is 48.4 Å². The third-order valence-electron chi connectivity index (χ3n) is 4.26. The highest BCUT2D eigenvalue weighted by Gasteiger charge is 2.23. The van der Waals surface area contributed by atoms with Gasteiger partial charge >= 0.3 is 5.97 Å². The van der Waals surface area contributed by atoms with E-state index in [1.807, 2.05) is 12.1 Å². The first-order chi connectivity index (χ1) is 11.9. The minimum Gasteiger partial charge on any atom is -0.495 e. The molecule has 128 valence electrons. The van der Waals surface area contributed by atoms with E-state index in [0.717, 1.165) is 0 Å². The number of fused-ring (bicyclic) bond motifs is 1. The molecule has 6 heteroatoms. The predicted octanol–water partition coefficient (Wildman–Crippen LogP) is 2.70. The number of methoxy groups -OCH3 is 1. The first-order valence-electron chi connectivity index (χ1n) is 7.72. The SMILES string of the molecule is COc1cc(C(=O)c2c(C)c(CC(=O)O)c3ccccn23)ccc1N. The number of benzene rings is 1. The second-order valence-electron chi connectivity index (χ2n) is 5.76. The van der Waals surface area contributed by atoms with Crippen LogP contribution < -0.4 is 10.5 Å². The summed E-state index contributed by atoms with van der Waals surface area (Å²) in [5.41, 5.74) is 9.15. The monoisotopic (exact) mass is 338 g/mol. The normalized spacial score (nSPS) is 10.8. The number of nitrogen functional groups attached to an aromatic ring is 1. The van der Waals surface area contributed by atoms with Crippen molar-refractivity contribution in [3.05, 3.63) is 65.0 Å². The molecule has 0 atom stereocenters. The van der Waals surface area contributed by atoms with Crippen LogP contribution in [-0.4, -0.2) is 28.4 Å². The lowest BCUT2D eigenvalue weighted by Gasteiger charge is -2.08. The van der Waals surface area contributed by atoms with Gasteiger partial charge in [0.2, 0.25) is 5.78 Å². The lowest BCUT2D eigenvalue weighted by atomic mass is 10.0. The molecule has 0 fully saturated rings. The van der Waals surface area contributed by atoms with Crippen LogP contribution in [0.3, 0.4) is 0 Å². The summed E-state index contributed by atoms with van der Waals surface area (Å²) < 4.78 is 6.92. The zero-order valence-electron chi connectivity index (χ0n) is 13.9. The summed E-state index contributed by atoms with van der Waals surface area (Å²) in [5.74, 6) is -0.726. The number of pyridine rings is 1. The summed E-state index contributed by atoms with van der Waals surface area (Å²) in [4.78, 5) is 24.3. The molecule has 3 aromatic rings. The quantitative estimate of drug-likeness (QED) is 0.551. The lowest BCUT2D eigenvalue weighted by molar-refractivity contribution is -0.136. The number of rotatable bonds is 5. The maximum atomic E-state index is 13.1. The van der Waals surface area contributed by atoms with Crippen LogP contribution in [0.15, 0.2) is 42.6 Å². The molecule has 0 bridgehead atoms. The Kier molecular flexibility index (Phi) is 4.19. The number of hydrogen-bond donors (Lipinski definition) is 2. The molecule has 0 aliphatic heterocycles. The number of anilines is 1. The van der Waals surface area contributed by atoms with Crippen molar-refractivity contribution in [1.29, 1.82) is 0 Å². The van der Waals surface area contributed by atoms with Crippen LogP contribution >= 0.6 is 0 Å². The fourth-order valence-corrected chi connectivity index (χ4v) is 3.04. The number of nitrogens with zero attached hydrogens (tertiary/aromatic N) is 1. The number of aromatic nitrogens is 1. The highest BCUT2D eigenvalue weighted by molar-refractivity contribution is 6.10. The third kappa shape index (κ3) is 2.82. The number of carboxylic acids is 1. The van der Waals surface area contributed by atoms with E-state index in [2.05, 4.69) is 0 Å². The third-order valence-corrected chi connectivity index (χ3v) is 4.26. The number of ether oxygens (including phenoxy) is 1. The summed E-state index contributed by atoms with van der Waals surface area (Å²) in [6.45, 7) is 1.77. The topological polar surface area (TPSA) is 94.0 Å². The van der Waals surface area contributed by atoms with Crippen LogP contribution in [0.2, 0.25) is 0 Å². The Morgan fingerprint density at radius 2 is 2.00 bits per heavy atom. The maximum absolute atomic E-state index is 13.1. The van der Waals surface area contributed by atoms with Crippen LogP contribution in [0.5, 0.6) is 5.75 Å². The molecular weight excluding hydrogens is 320 g/mol. The zero-order chi connectivity index (χ0) is 18.1. The van der Waals surface area contributed by atoms with Crippen LogP contribution in [0.25, 0.3) is 5.52 Å². The van der Waals surface area contributed by atoms with E-state index < -0.39 is 5.97 Å². The molecule has 0 saturated heterocycles. The second kappa shape index (κ2) is 6.32. The molecule has 0 saturated carbocycles. The van der Waals surface area contributed by atoms with E-state index >= 15 is 0 Å². The van der Waals surface area contributed by atoms with Crippen molar-refractivity contribution in [3.63, 3.8) is 0 Å². The number of nitrogens with two attached hydrogens (primary N) is 1. The largest absolute Gasteiger partial charge is 0.495 e. The van der Waals surface area contributed by atoms with E-state index in [1.165, 1.54) is 7.11 Å². The molecule has 0 amide bonds. The number of carbonyl (C=O) groups excluding carboxylic acids is 1. The van der Waals surface area contributed by atoms with Crippen LogP contribution in [0.4, 0.5) is 5.69 Å². The van der Waals surface area contributed by atoms with E-state index in [0.29, 0.717) is 39.3 Å². The average molecular weight is 338 g/mol. The van der Waals surface area contributed by atoms with Gasteiger partial charge in [0.05, 0.1) is 24.9 Å². The van der Waals surface area contributed by atoms with Gasteiger partial charge in [-0.15, -0.1) is 0 Å². The molecule has 1 aromatic carbocycles. The molecular formula is C19H18N2O4. The van der Waals surface area contributed by atoms with Gasteiger partial charge in [0, 0.05) is 17.3 Å². The Hall–Kier alpha value is -3.28. The summed E-state index contributed by atoms with van der Waals surface area (Å²) >= 11 is 0. The number of carboxylic acid groups (broad SMARTS) is 1. The molecule has 25 heavy (non-hydrogen) atoms. The fraction of sp³-hybridized carbons (Fsp3) is 0.158. The van der Waals surface area contributed by atoms with Crippen LogP contribution in [-0.2, 0) is 11.2 Å². The standard InChI is InChI=1S/C19H18N2O4/c1-11-13(10-17(22)23)15-5-3-4-8-21(15)18(11)19(24)12-6-7-14(20)16(9-12)25-2/h3-9H,10,20H2,1-2H3,(H,22,23). The molecule has 2 heterocycles. The minimum absolute atomic E-state index is 0.141. The Bertz CT molecular complexity index is 988. The van der Waals surface area contributed by atoms with Gasteiger partial charge in [-0.2, -0.15) is 0 Å². The number of aliphatic carboxylic acids is 1. The van der Waals surface area contributed by atoms with Crippen molar-refractivity contribution in [2.45, 2.75) is 13.3 Å².